The van der Waals surface area contributed by atoms with Crippen molar-refractivity contribution < 1.29 is 4.42 Å². The van der Waals surface area contributed by atoms with E-state index in [9.17, 15) is 0 Å². The van der Waals surface area contributed by atoms with Crippen molar-refractivity contribution in [2.75, 3.05) is 0 Å². The van der Waals surface area contributed by atoms with Gasteiger partial charge in [0, 0.05) is 43.6 Å². The van der Waals surface area contributed by atoms with Crippen molar-refractivity contribution in [2.24, 2.45) is 0 Å². The van der Waals surface area contributed by atoms with Gasteiger partial charge < -0.3 is 8.98 Å². The van der Waals surface area contributed by atoms with E-state index >= 15 is 0 Å². The highest BCUT2D eigenvalue weighted by molar-refractivity contribution is 6.29. The van der Waals surface area contributed by atoms with Gasteiger partial charge in [-0.2, -0.15) is 0 Å². The predicted molar refractivity (Wildman–Crippen MR) is 381 cm³/mol. The summed E-state index contributed by atoms with van der Waals surface area (Å²) >= 11 is 0. The third-order valence-electron chi connectivity index (χ3n) is 20.1. The lowest BCUT2D eigenvalue weighted by Gasteiger charge is -2.17. The summed E-state index contributed by atoms with van der Waals surface area (Å²) in [5.74, 6) is 1.97. The molecule has 0 aliphatic heterocycles. The van der Waals surface area contributed by atoms with Crippen LogP contribution in [0.3, 0.4) is 0 Å². The third kappa shape index (κ3) is 9.39. The fourth-order valence-electron chi connectivity index (χ4n) is 15.7. The van der Waals surface area contributed by atoms with Crippen molar-refractivity contribution in [1.82, 2.24) is 14.1 Å². The van der Waals surface area contributed by atoms with Gasteiger partial charge in [-0.15, -0.1) is 0 Å². The first kappa shape index (κ1) is 53.2. The summed E-state index contributed by atoms with van der Waals surface area (Å²) in [7, 11) is 0. The van der Waals surface area contributed by atoms with Crippen molar-refractivity contribution in [3.8, 4) is 89.5 Å². The topological polar surface area (TPSA) is 35.9 Å². The van der Waals surface area contributed by atoms with Crippen molar-refractivity contribution in [1.29, 1.82) is 0 Å². The number of nitrogens with zero attached hydrogens (tertiary/aromatic N) is 3. The molecule has 91 heavy (non-hydrogen) atoms. The molecule has 4 aromatic heterocycles. The zero-order chi connectivity index (χ0) is 59.9. The second-order valence-corrected chi connectivity index (χ2v) is 25.6. The lowest BCUT2D eigenvalue weighted by molar-refractivity contribution is 0.669. The van der Waals surface area contributed by atoms with Crippen LogP contribution in [0.25, 0.3) is 155 Å². The molecule has 0 saturated heterocycles. The van der Waals surface area contributed by atoms with Crippen LogP contribution < -0.4 is 0 Å². The SMILES string of the molecule is c1ccc(-c2cc(-c3ccccc3)cc(-c3cc(-c4cc(-c5ccccc5)cc(-c5ccccc5)c4)cc(-n4c5ccc(C6CCCC6)cc5c5c6c7cc(C8CCCC8)ccc7n(-c7cccc(-c8ccc9oc%10ccccc%10c9c8)n7)c6ccc54)c3)c2)cc1. The Morgan fingerprint density at radius 2 is 0.681 bits per heavy atom. The molecule has 18 rings (SSSR count). The monoisotopic (exact) mass is 1170 g/mol. The molecular formula is C87H65N3O. The normalized spacial score (nSPS) is 13.9. The molecule has 0 atom stereocenters. The molecule has 0 spiro atoms. The predicted octanol–water partition coefficient (Wildman–Crippen LogP) is 24.2. The van der Waals surface area contributed by atoms with E-state index in [1.807, 2.05) is 12.1 Å². The maximum atomic E-state index is 6.30. The molecule has 2 fully saturated rings. The van der Waals surface area contributed by atoms with Crippen molar-refractivity contribution in [3.05, 3.63) is 296 Å². The summed E-state index contributed by atoms with van der Waals surface area (Å²) < 4.78 is 11.4. The quantitative estimate of drug-likeness (QED) is 0.129. The van der Waals surface area contributed by atoms with E-state index in [0.717, 1.165) is 72.5 Å². The molecule has 0 unspecified atom stereocenters. The van der Waals surface area contributed by atoms with Gasteiger partial charge in [0.2, 0.25) is 0 Å². The molecule has 0 bridgehead atoms. The summed E-state index contributed by atoms with van der Waals surface area (Å²) in [6, 6.07) is 106. The summed E-state index contributed by atoms with van der Waals surface area (Å²) in [6.07, 6.45) is 10.00. The van der Waals surface area contributed by atoms with Gasteiger partial charge in [0.1, 0.15) is 17.0 Å². The summed E-state index contributed by atoms with van der Waals surface area (Å²) in [6.45, 7) is 0. The van der Waals surface area contributed by atoms with Crippen LogP contribution in [-0.2, 0) is 0 Å². The molecule has 0 radical (unpaired) electrons. The minimum absolute atomic E-state index is 0.532. The highest BCUT2D eigenvalue weighted by Gasteiger charge is 2.27. The van der Waals surface area contributed by atoms with Crippen molar-refractivity contribution in [3.63, 3.8) is 0 Å². The lowest BCUT2D eigenvalue weighted by atomic mass is 9.90. The van der Waals surface area contributed by atoms with Gasteiger partial charge in [-0.1, -0.05) is 183 Å². The van der Waals surface area contributed by atoms with Gasteiger partial charge in [0.15, 0.2) is 0 Å². The smallest absolute Gasteiger partial charge is 0.138 e. The standard InChI is InChI=1S/C87H65N3O/c1-5-20-58(21-6-1)65-44-66(59-22-7-2-8-23-59)47-69(46-65)71-50-72(70-48-67(60-24-9-3-10-25-60)45-68(49-70)61-26-11-4-12-27-61)52-73(51-71)89-79-39-36-62(56-28-13-14-29-56)53-76(79)86-81(89)41-42-82-87(86)77-54-63(57-30-15-16-31-57)37-40-80(77)90(82)85-35-19-33-78(88-85)64-38-43-84-75(55-64)74-32-17-18-34-83(74)91-84/h1-12,17-27,32-57H,13-16,28-31H2. The molecule has 12 aromatic carbocycles. The molecule has 434 valence electrons. The number of rotatable bonds is 11. The van der Waals surface area contributed by atoms with Gasteiger partial charge >= 0.3 is 0 Å². The van der Waals surface area contributed by atoms with Gasteiger partial charge in [-0.3, -0.25) is 4.57 Å². The number of aromatic nitrogens is 3. The Kier molecular flexibility index (Phi) is 12.9. The Balaban J connectivity index is 0.915. The van der Waals surface area contributed by atoms with Gasteiger partial charge in [-0.05, 0) is 243 Å². The molecule has 2 aliphatic carbocycles. The van der Waals surface area contributed by atoms with Gasteiger partial charge in [-0.25, -0.2) is 4.98 Å². The van der Waals surface area contributed by atoms with E-state index in [1.54, 1.807) is 0 Å². The van der Waals surface area contributed by atoms with Crippen LogP contribution in [0, 0.1) is 0 Å². The lowest BCUT2D eigenvalue weighted by Crippen LogP contribution is -1.99. The third-order valence-corrected chi connectivity index (χ3v) is 20.1. The van der Waals surface area contributed by atoms with E-state index in [-0.39, 0.29) is 0 Å². The Morgan fingerprint density at radius 3 is 1.18 bits per heavy atom. The van der Waals surface area contributed by atoms with Crippen LogP contribution in [0.5, 0.6) is 0 Å². The van der Waals surface area contributed by atoms with E-state index in [2.05, 4.69) is 282 Å². The van der Waals surface area contributed by atoms with Gasteiger partial charge in [0.05, 0.1) is 27.8 Å². The van der Waals surface area contributed by atoms with Crippen LogP contribution in [0.4, 0.5) is 0 Å². The Hall–Kier alpha value is -10.8. The first-order chi connectivity index (χ1) is 45.1. The highest BCUT2D eigenvalue weighted by Crippen LogP contribution is 2.48. The molecular weight excluding hydrogens is 1100 g/mol. The maximum absolute atomic E-state index is 6.30. The number of hydrogen-bond donors (Lipinski definition) is 0. The molecule has 0 N–H and O–H groups in total. The summed E-state index contributed by atoms with van der Waals surface area (Å²) in [5, 5.41) is 7.35. The first-order valence-electron chi connectivity index (χ1n) is 32.7. The van der Waals surface area contributed by atoms with Crippen LogP contribution in [0.1, 0.15) is 74.3 Å². The van der Waals surface area contributed by atoms with E-state index in [1.165, 1.54) is 145 Å². The maximum Gasteiger partial charge on any atom is 0.138 e. The highest BCUT2D eigenvalue weighted by atomic mass is 16.3. The molecule has 4 heteroatoms. The summed E-state index contributed by atoms with van der Waals surface area (Å²) in [5.41, 5.74) is 26.6. The Labute approximate surface area is 530 Å². The average molecular weight is 1170 g/mol. The van der Waals surface area contributed by atoms with E-state index in [4.69, 9.17) is 9.40 Å². The molecule has 4 nitrogen and oxygen atoms in total. The zero-order valence-electron chi connectivity index (χ0n) is 50.7. The molecule has 16 aromatic rings. The fourth-order valence-corrected chi connectivity index (χ4v) is 15.7. The fraction of sp³-hybridized carbons (Fsp3) is 0.115. The van der Waals surface area contributed by atoms with E-state index < -0.39 is 0 Å². The van der Waals surface area contributed by atoms with Crippen LogP contribution in [-0.4, -0.2) is 14.1 Å². The number of fused-ring (bicyclic) bond motifs is 10. The number of pyridine rings is 1. The summed E-state index contributed by atoms with van der Waals surface area (Å²) in [4.78, 5) is 5.62. The second kappa shape index (κ2) is 22.0. The Morgan fingerprint density at radius 1 is 0.275 bits per heavy atom. The molecule has 2 aliphatic rings. The first-order valence-corrected chi connectivity index (χ1v) is 32.7. The average Bonchev–Trinajstić information content (AvgIpc) is 1.56. The van der Waals surface area contributed by atoms with Crippen LogP contribution >= 0.6 is 0 Å². The second-order valence-electron chi connectivity index (χ2n) is 25.6. The van der Waals surface area contributed by atoms with Crippen LogP contribution in [0.2, 0.25) is 0 Å². The van der Waals surface area contributed by atoms with E-state index in [0.29, 0.717) is 11.8 Å². The Bertz CT molecular complexity index is 5210. The minimum Gasteiger partial charge on any atom is -0.456 e. The molecule has 2 saturated carbocycles. The number of para-hydroxylation sites is 1. The largest absolute Gasteiger partial charge is 0.456 e. The number of hydrogen-bond acceptors (Lipinski definition) is 2. The molecule has 0 amide bonds. The number of furan rings is 1. The zero-order valence-corrected chi connectivity index (χ0v) is 50.7. The van der Waals surface area contributed by atoms with Gasteiger partial charge in [0.25, 0.3) is 0 Å². The van der Waals surface area contributed by atoms with Crippen molar-refractivity contribution >= 4 is 65.6 Å². The number of benzene rings is 12. The molecule has 4 heterocycles. The van der Waals surface area contributed by atoms with Crippen LogP contribution in [0.15, 0.2) is 290 Å². The minimum atomic E-state index is 0.532. The van der Waals surface area contributed by atoms with Crippen molar-refractivity contribution in [2.45, 2.75) is 63.2 Å².